The van der Waals surface area contributed by atoms with Crippen molar-refractivity contribution in [3.63, 3.8) is 0 Å². The molecule has 0 aromatic carbocycles. The van der Waals surface area contributed by atoms with Crippen LogP contribution in [0.15, 0.2) is 12.1 Å². The molecule has 2 nitrogen and oxygen atoms in total. The number of anilines is 1. The topological polar surface area (TPSA) is 16.1 Å². The Morgan fingerprint density at radius 2 is 1.94 bits per heavy atom. The van der Waals surface area contributed by atoms with Gasteiger partial charge in [0.25, 0.3) is 0 Å². The second-order valence-corrected chi connectivity index (χ2v) is 6.32. The monoisotopic (exact) mass is 232 g/mol. The van der Waals surface area contributed by atoms with Crippen molar-refractivity contribution in [1.82, 2.24) is 4.98 Å². The summed E-state index contributed by atoms with van der Waals surface area (Å²) in [7, 11) is 0. The molecule has 0 saturated carbocycles. The maximum Gasteiger partial charge on any atom is 0.132 e. The highest BCUT2D eigenvalue weighted by molar-refractivity contribution is 5.51. The van der Waals surface area contributed by atoms with Crippen LogP contribution in [0.4, 0.5) is 5.82 Å². The van der Waals surface area contributed by atoms with Gasteiger partial charge in [0.1, 0.15) is 5.82 Å². The number of aryl methyl sites for hydroxylation is 1. The van der Waals surface area contributed by atoms with Gasteiger partial charge in [-0.05, 0) is 38.3 Å². The molecule has 0 radical (unpaired) electrons. The fourth-order valence-corrected chi connectivity index (χ4v) is 2.39. The van der Waals surface area contributed by atoms with Crippen molar-refractivity contribution in [3.05, 3.63) is 23.4 Å². The van der Waals surface area contributed by atoms with Gasteiger partial charge in [0.05, 0.1) is 0 Å². The van der Waals surface area contributed by atoms with Crippen LogP contribution in [0.2, 0.25) is 0 Å². The number of hydrogen-bond donors (Lipinski definition) is 0. The van der Waals surface area contributed by atoms with Gasteiger partial charge in [-0.1, -0.05) is 26.8 Å². The number of nitrogens with zero attached hydrogens (tertiary/aromatic N) is 2. The van der Waals surface area contributed by atoms with Crippen LogP contribution in [-0.2, 0) is 11.8 Å². The zero-order valence-electron chi connectivity index (χ0n) is 11.7. The first-order valence-electron chi connectivity index (χ1n) is 6.66. The minimum absolute atomic E-state index is 0.134. The highest BCUT2D eigenvalue weighted by Crippen LogP contribution is 2.30. The molecule has 0 N–H and O–H groups in total. The standard InChI is InChI=1S/C15H24N2/c1-11(2)17-10-6-7-12-8-9-13(15(3,4)5)16-14(12)17/h8-9,11H,6-7,10H2,1-5H3. The molecule has 2 heteroatoms. The molecule has 0 spiro atoms. The zero-order valence-corrected chi connectivity index (χ0v) is 11.7. The van der Waals surface area contributed by atoms with Gasteiger partial charge in [-0.15, -0.1) is 0 Å². The summed E-state index contributed by atoms with van der Waals surface area (Å²) in [6.07, 6.45) is 2.43. The van der Waals surface area contributed by atoms with Crippen LogP contribution in [0.25, 0.3) is 0 Å². The van der Waals surface area contributed by atoms with E-state index in [2.05, 4.69) is 51.7 Å². The summed E-state index contributed by atoms with van der Waals surface area (Å²) in [6, 6.07) is 5.01. The van der Waals surface area contributed by atoms with Crippen LogP contribution >= 0.6 is 0 Å². The molecule has 0 fully saturated rings. The van der Waals surface area contributed by atoms with E-state index in [0.717, 1.165) is 6.54 Å². The zero-order chi connectivity index (χ0) is 12.6. The van der Waals surface area contributed by atoms with Gasteiger partial charge in [-0.25, -0.2) is 4.98 Å². The molecule has 0 amide bonds. The van der Waals surface area contributed by atoms with Gasteiger partial charge in [-0.3, -0.25) is 0 Å². The van der Waals surface area contributed by atoms with Gasteiger partial charge < -0.3 is 4.90 Å². The number of fused-ring (bicyclic) bond motifs is 1. The summed E-state index contributed by atoms with van der Waals surface area (Å²) in [6.45, 7) is 12.3. The summed E-state index contributed by atoms with van der Waals surface area (Å²) in [5, 5.41) is 0. The van der Waals surface area contributed by atoms with Gasteiger partial charge in [0.15, 0.2) is 0 Å². The van der Waals surface area contributed by atoms with E-state index in [0.29, 0.717) is 6.04 Å². The molecule has 1 aliphatic heterocycles. The average Bonchev–Trinajstić information content (AvgIpc) is 2.26. The normalized spacial score (nSPS) is 16.2. The van der Waals surface area contributed by atoms with Crippen molar-refractivity contribution >= 4 is 5.82 Å². The Balaban J connectivity index is 2.44. The van der Waals surface area contributed by atoms with Gasteiger partial charge in [-0.2, -0.15) is 0 Å². The van der Waals surface area contributed by atoms with Crippen LogP contribution < -0.4 is 4.90 Å². The van der Waals surface area contributed by atoms with E-state index >= 15 is 0 Å². The molecular weight excluding hydrogens is 208 g/mol. The van der Waals surface area contributed by atoms with Crippen LogP contribution in [0.5, 0.6) is 0 Å². The summed E-state index contributed by atoms with van der Waals surface area (Å²) >= 11 is 0. The van der Waals surface area contributed by atoms with Crippen LogP contribution in [-0.4, -0.2) is 17.6 Å². The number of rotatable bonds is 1. The fraction of sp³-hybridized carbons (Fsp3) is 0.667. The molecular formula is C15H24N2. The molecule has 0 atom stereocenters. The Bertz CT molecular complexity index is 402. The van der Waals surface area contributed by atoms with E-state index in [9.17, 15) is 0 Å². The lowest BCUT2D eigenvalue weighted by Crippen LogP contribution is -2.36. The van der Waals surface area contributed by atoms with Gasteiger partial charge in [0.2, 0.25) is 0 Å². The largest absolute Gasteiger partial charge is 0.354 e. The highest BCUT2D eigenvalue weighted by Gasteiger charge is 2.23. The Kier molecular flexibility index (Phi) is 3.15. The third kappa shape index (κ3) is 2.46. The molecule has 2 heterocycles. The van der Waals surface area contributed by atoms with Crippen LogP contribution in [0.3, 0.4) is 0 Å². The smallest absolute Gasteiger partial charge is 0.132 e. The lowest BCUT2D eigenvalue weighted by molar-refractivity contribution is 0.557. The average molecular weight is 232 g/mol. The molecule has 0 saturated heterocycles. The Labute approximate surface area is 105 Å². The van der Waals surface area contributed by atoms with Gasteiger partial charge in [0, 0.05) is 23.7 Å². The van der Waals surface area contributed by atoms with E-state index in [1.54, 1.807) is 0 Å². The molecule has 0 bridgehead atoms. The Hall–Kier alpha value is -1.05. The number of pyridine rings is 1. The van der Waals surface area contributed by atoms with E-state index < -0.39 is 0 Å². The van der Waals surface area contributed by atoms with Crippen molar-refractivity contribution in [3.8, 4) is 0 Å². The minimum atomic E-state index is 0.134. The summed E-state index contributed by atoms with van der Waals surface area (Å²) in [4.78, 5) is 7.35. The minimum Gasteiger partial charge on any atom is -0.354 e. The molecule has 94 valence electrons. The first kappa shape index (κ1) is 12.4. The van der Waals surface area contributed by atoms with Gasteiger partial charge >= 0.3 is 0 Å². The molecule has 1 aliphatic rings. The molecule has 2 rings (SSSR count). The SMILES string of the molecule is CC(C)N1CCCc2ccc(C(C)(C)C)nc21. The maximum absolute atomic E-state index is 4.91. The molecule has 1 aromatic rings. The van der Waals surface area contributed by atoms with Crippen LogP contribution in [0, 0.1) is 0 Å². The molecule has 0 unspecified atom stereocenters. The van der Waals surface area contributed by atoms with Crippen molar-refractivity contribution in [1.29, 1.82) is 0 Å². The third-order valence-corrected chi connectivity index (χ3v) is 3.46. The van der Waals surface area contributed by atoms with Crippen molar-refractivity contribution < 1.29 is 0 Å². The quantitative estimate of drug-likeness (QED) is 0.736. The lowest BCUT2D eigenvalue weighted by Gasteiger charge is -2.34. The predicted molar refractivity (Wildman–Crippen MR) is 73.7 cm³/mol. The van der Waals surface area contributed by atoms with Crippen molar-refractivity contribution in [2.24, 2.45) is 0 Å². The van der Waals surface area contributed by atoms with E-state index in [1.165, 1.54) is 29.9 Å². The van der Waals surface area contributed by atoms with Crippen LogP contribution in [0.1, 0.15) is 52.3 Å². The number of aromatic nitrogens is 1. The summed E-state index contributed by atoms with van der Waals surface area (Å²) in [5.74, 6) is 1.22. The van der Waals surface area contributed by atoms with Crippen molar-refractivity contribution in [2.75, 3.05) is 11.4 Å². The lowest BCUT2D eigenvalue weighted by atomic mass is 9.90. The van der Waals surface area contributed by atoms with E-state index in [4.69, 9.17) is 4.98 Å². The molecule has 0 aliphatic carbocycles. The summed E-state index contributed by atoms with van der Waals surface area (Å²) < 4.78 is 0. The molecule has 1 aromatic heterocycles. The first-order chi connectivity index (χ1) is 7.89. The summed E-state index contributed by atoms with van der Waals surface area (Å²) in [5.41, 5.74) is 2.75. The number of hydrogen-bond acceptors (Lipinski definition) is 2. The maximum atomic E-state index is 4.91. The fourth-order valence-electron chi connectivity index (χ4n) is 2.39. The molecule has 17 heavy (non-hydrogen) atoms. The Morgan fingerprint density at radius 3 is 2.53 bits per heavy atom. The Morgan fingerprint density at radius 1 is 1.24 bits per heavy atom. The van der Waals surface area contributed by atoms with E-state index in [1.807, 2.05) is 0 Å². The highest BCUT2D eigenvalue weighted by atomic mass is 15.2. The third-order valence-electron chi connectivity index (χ3n) is 3.46. The predicted octanol–water partition coefficient (Wildman–Crippen LogP) is 3.54. The van der Waals surface area contributed by atoms with E-state index in [-0.39, 0.29) is 5.41 Å². The first-order valence-corrected chi connectivity index (χ1v) is 6.66. The second-order valence-electron chi connectivity index (χ2n) is 6.32. The van der Waals surface area contributed by atoms with Crippen molar-refractivity contribution in [2.45, 2.75) is 58.9 Å². The second kappa shape index (κ2) is 4.32.